The van der Waals surface area contributed by atoms with E-state index >= 15 is 0 Å². The molecule has 0 amide bonds. The first-order chi connectivity index (χ1) is 23.1. The standard InChI is InChI=1S/C24H19.C21H17.2CH3.Si.Zr/c1-2-8-17(7-1)20-15-19-11-6-14-23(24(19)16-20)22-13-5-10-18-9-3-4-12-21(18)22;1-14-12-20-15(2)10-11-19(21(20)13-14)18-9-5-7-16-6-3-4-8-17(16)18;;;;/h1-6,9-17H,7-8H2;3-13H,1-2H3;2*1H3;;/q4*-1;;. The van der Waals surface area contributed by atoms with Crippen LogP contribution in [-0.2, 0) is 23.3 Å². The molecule has 0 aromatic heterocycles. The van der Waals surface area contributed by atoms with E-state index in [-0.39, 0.29) is 14.9 Å². The van der Waals surface area contributed by atoms with Gasteiger partial charge in [0.05, 0.1) is 0 Å². The van der Waals surface area contributed by atoms with Crippen LogP contribution in [0.3, 0.4) is 0 Å². The normalized spacial score (nSPS) is 12.2. The van der Waals surface area contributed by atoms with Crippen LogP contribution >= 0.6 is 0 Å². The number of rotatable bonds is 3. The quantitative estimate of drug-likeness (QED) is 0.0966. The molecule has 0 aliphatic heterocycles. The molecule has 1 aliphatic rings. The third-order valence-corrected chi connectivity index (χ3v) is 9.66. The zero-order chi connectivity index (χ0) is 32.3. The molecule has 242 valence electrons. The zero-order valence-electron chi connectivity index (χ0n) is 28.9. The van der Waals surface area contributed by atoms with E-state index in [4.69, 9.17) is 0 Å². The number of hydrogen-bond acceptors (Lipinski definition) is 0. The first-order valence-corrected chi connectivity index (χ1v) is 20.5. The minimum atomic E-state index is 0. The van der Waals surface area contributed by atoms with Crippen molar-refractivity contribution in [2.24, 2.45) is 0 Å². The van der Waals surface area contributed by atoms with Crippen molar-refractivity contribution in [3.05, 3.63) is 183 Å². The monoisotopic (exact) mass is 724 g/mol. The Bertz CT molecular complexity index is 2370. The molecule has 0 fully saturated rings. The van der Waals surface area contributed by atoms with E-state index in [0.717, 1.165) is 0 Å². The van der Waals surface area contributed by atoms with Gasteiger partial charge in [0, 0.05) is 0 Å². The first-order valence-electron chi connectivity index (χ1n) is 16.4. The summed E-state index contributed by atoms with van der Waals surface area (Å²) in [5.74, 6) is 0.665. The topological polar surface area (TPSA) is 0 Å². The number of hydrogen-bond donors (Lipinski definition) is 0. The van der Waals surface area contributed by atoms with Gasteiger partial charge in [0.2, 0.25) is 0 Å². The molecule has 2 heteroatoms. The maximum absolute atomic E-state index is 3.06. The van der Waals surface area contributed by atoms with E-state index in [1.54, 1.807) is 0 Å². The van der Waals surface area contributed by atoms with Gasteiger partial charge >= 0.3 is 30.2 Å². The van der Waals surface area contributed by atoms with Crippen LogP contribution in [0.1, 0.15) is 35.4 Å². The summed E-state index contributed by atoms with van der Waals surface area (Å²) in [5, 5.41) is 10.7. The van der Waals surface area contributed by atoms with Crippen molar-refractivity contribution in [1.82, 2.24) is 0 Å². The van der Waals surface area contributed by atoms with E-state index in [0.29, 0.717) is 5.92 Å². The Hall–Kier alpha value is -4.10. The maximum atomic E-state index is 3.06. The fourth-order valence-electron chi connectivity index (χ4n) is 7.36. The van der Waals surface area contributed by atoms with Gasteiger partial charge in [-0.15, -0.1) is 68.6 Å². The van der Waals surface area contributed by atoms with Gasteiger partial charge in [0.15, 0.2) is 0 Å². The van der Waals surface area contributed by atoms with Crippen LogP contribution in [-0.4, -0.2) is 6.88 Å². The average Bonchev–Trinajstić information content (AvgIpc) is 3.90. The fourth-order valence-corrected chi connectivity index (χ4v) is 7.36. The van der Waals surface area contributed by atoms with E-state index in [1.807, 2.05) is 0 Å². The molecular formula is C47H42SiZr-4. The minimum absolute atomic E-state index is 0. The molecule has 0 heterocycles. The van der Waals surface area contributed by atoms with E-state index < -0.39 is 0 Å². The fraction of sp³-hybridized carbons (Fsp3) is 0.106. The third kappa shape index (κ3) is 7.14. The van der Waals surface area contributed by atoms with Crippen molar-refractivity contribution in [2.75, 3.05) is 0 Å². The number of aryl methyl sites for hydroxylation is 2. The van der Waals surface area contributed by atoms with E-state index in [2.05, 4.69) is 172 Å². The van der Waals surface area contributed by atoms with E-state index in [9.17, 15) is 0 Å². The third-order valence-electron chi connectivity index (χ3n) is 9.66. The summed E-state index contributed by atoms with van der Waals surface area (Å²) in [6.07, 6.45) is 6.99. The SMILES string of the molecule is C1=CCC(c2cc3c(-c4cccc5ccccc45)cccc3[cH-]2)C1.Cc1cc2c(-c3cccc4ccccc34)ccc(C)c2[cH-]1.[CH3-].[CH3-].[Si]=[Zr]. The summed E-state index contributed by atoms with van der Waals surface area (Å²) in [6, 6.07) is 51.1. The van der Waals surface area contributed by atoms with Crippen LogP contribution in [0.2, 0.25) is 0 Å². The second kappa shape index (κ2) is 16.1. The summed E-state index contributed by atoms with van der Waals surface area (Å²) >= 11 is 1.36. The molecule has 1 aliphatic carbocycles. The van der Waals surface area contributed by atoms with Gasteiger partial charge in [0.25, 0.3) is 0 Å². The molecule has 0 bridgehead atoms. The van der Waals surface area contributed by atoms with Crippen LogP contribution < -0.4 is 0 Å². The summed E-state index contributed by atoms with van der Waals surface area (Å²) in [5.41, 5.74) is 9.51. The molecule has 9 rings (SSSR count). The van der Waals surface area contributed by atoms with E-state index in [1.165, 1.54) is 118 Å². The first kappa shape index (κ1) is 36.2. The van der Waals surface area contributed by atoms with Gasteiger partial charge in [-0.05, 0) is 51.4 Å². The van der Waals surface area contributed by atoms with Gasteiger partial charge in [-0.25, -0.2) is 0 Å². The molecule has 0 saturated carbocycles. The van der Waals surface area contributed by atoms with Crippen LogP contribution in [0.5, 0.6) is 0 Å². The molecule has 0 unspecified atom stereocenters. The van der Waals surface area contributed by atoms with Crippen molar-refractivity contribution >= 4 is 50.0 Å². The predicted molar refractivity (Wildman–Crippen MR) is 214 cm³/mol. The summed E-state index contributed by atoms with van der Waals surface area (Å²) in [7, 11) is 0. The molecule has 0 N–H and O–H groups in total. The summed E-state index contributed by atoms with van der Waals surface area (Å²) in [6.45, 7) is 7.42. The van der Waals surface area contributed by atoms with Gasteiger partial charge < -0.3 is 14.9 Å². The zero-order valence-corrected chi connectivity index (χ0v) is 32.4. The van der Waals surface area contributed by atoms with Crippen molar-refractivity contribution < 1.29 is 23.3 Å². The second-order valence-electron chi connectivity index (χ2n) is 12.6. The molecule has 0 saturated heterocycles. The molecular weight excluding hydrogens is 684 g/mol. The molecule has 49 heavy (non-hydrogen) atoms. The van der Waals surface area contributed by atoms with Crippen LogP contribution in [0.15, 0.2) is 152 Å². The average molecular weight is 726 g/mol. The predicted octanol–water partition coefficient (Wildman–Crippen LogP) is 13.3. The molecule has 2 radical (unpaired) electrons. The molecule has 0 spiro atoms. The Balaban J connectivity index is 0.000000177. The molecule has 8 aromatic carbocycles. The second-order valence-corrected chi connectivity index (χ2v) is 12.6. The van der Waals surface area contributed by atoms with Crippen LogP contribution in [0.4, 0.5) is 0 Å². The Kier molecular flexibility index (Phi) is 11.9. The number of allylic oxidation sites excluding steroid dienone is 2. The van der Waals surface area contributed by atoms with Gasteiger partial charge in [-0.3, -0.25) is 0 Å². The summed E-state index contributed by atoms with van der Waals surface area (Å²) in [4.78, 5) is 0. The molecule has 8 aromatic rings. The molecule has 0 nitrogen and oxygen atoms in total. The Labute approximate surface area is 309 Å². The Morgan fingerprint density at radius 1 is 0.531 bits per heavy atom. The Morgan fingerprint density at radius 3 is 1.65 bits per heavy atom. The van der Waals surface area contributed by atoms with Crippen molar-refractivity contribution in [2.45, 2.75) is 32.6 Å². The van der Waals surface area contributed by atoms with Crippen LogP contribution in [0.25, 0.3) is 65.3 Å². The van der Waals surface area contributed by atoms with Crippen molar-refractivity contribution in [1.29, 1.82) is 0 Å². The van der Waals surface area contributed by atoms with Gasteiger partial charge in [0.1, 0.15) is 0 Å². The number of benzene rings is 6. The van der Waals surface area contributed by atoms with Crippen molar-refractivity contribution in [3.8, 4) is 22.3 Å². The number of fused-ring (bicyclic) bond motifs is 4. The van der Waals surface area contributed by atoms with Crippen molar-refractivity contribution in [3.63, 3.8) is 0 Å². The summed E-state index contributed by atoms with van der Waals surface area (Å²) < 4.78 is 0. The van der Waals surface area contributed by atoms with Gasteiger partial charge in [-0.2, -0.15) is 12.1 Å². The van der Waals surface area contributed by atoms with Gasteiger partial charge in [-0.1, -0.05) is 134 Å². The Morgan fingerprint density at radius 2 is 1.04 bits per heavy atom. The van der Waals surface area contributed by atoms with Crippen LogP contribution in [0, 0.1) is 28.7 Å². The molecule has 0 atom stereocenters.